The van der Waals surface area contributed by atoms with E-state index >= 15 is 0 Å². The summed E-state index contributed by atoms with van der Waals surface area (Å²) in [5, 5.41) is 0. The molecule has 4 heterocycles. The molecule has 0 atom stereocenters. The van der Waals surface area contributed by atoms with Crippen molar-refractivity contribution >= 4 is 109 Å². The van der Waals surface area contributed by atoms with Gasteiger partial charge in [-0.25, -0.2) is 0 Å². The molecule has 0 saturated heterocycles. The highest BCUT2D eigenvalue weighted by atomic mass is 32.2. The average Bonchev–Trinajstić information content (AvgIpc) is 3.39. The maximum atomic E-state index is 2.66. The minimum Gasteiger partial charge on any atom is -0.311 e. The standard InChI is InChI=1S/C66H59B2N3S/c1-41(2)44-35-48(42(3)4)64(49(36-44)43(5)6)68-53-30-18-22-34-62(53)72-63-40-59-54(39-55(63)68)67-52-29-17-21-33-58(52)69(45-23-11-9-12-24-45)60-37-47(38-61(65(60)67)70(59)46-25-13-10-14-26-46)71-56-31-19-15-27-50(56)66(7,8)51-28-16-20-32-57(51)71/h9-43H,1-8H3. The summed E-state index contributed by atoms with van der Waals surface area (Å²) in [5.41, 5.74) is 25.8. The number of benzene rings is 9. The Morgan fingerprint density at radius 3 is 1.40 bits per heavy atom. The normalized spacial score (nSPS) is 14.7. The Hall–Kier alpha value is -7.14. The van der Waals surface area contributed by atoms with Crippen molar-refractivity contribution in [2.75, 3.05) is 14.7 Å². The van der Waals surface area contributed by atoms with Gasteiger partial charge in [0, 0.05) is 49.3 Å². The number of anilines is 9. The van der Waals surface area contributed by atoms with Gasteiger partial charge in [-0.05, 0) is 129 Å². The molecule has 4 aliphatic rings. The highest BCUT2D eigenvalue weighted by Crippen LogP contribution is 2.54. The summed E-state index contributed by atoms with van der Waals surface area (Å²) < 4.78 is 0. The number of hydrogen-bond acceptors (Lipinski definition) is 4. The first-order chi connectivity index (χ1) is 35.0. The van der Waals surface area contributed by atoms with Crippen LogP contribution in [0.2, 0.25) is 0 Å². The zero-order valence-electron chi connectivity index (χ0n) is 42.6. The van der Waals surface area contributed by atoms with Crippen LogP contribution in [0.25, 0.3) is 0 Å². The van der Waals surface area contributed by atoms with Gasteiger partial charge in [-0.3, -0.25) is 0 Å². The lowest BCUT2D eigenvalue weighted by atomic mass is 9.31. The van der Waals surface area contributed by atoms with Crippen LogP contribution in [0, 0.1) is 0 Å². The molecular formula is C66H59B2N3S. The molecule has 0 fully saturated rings. The Balaban J connectivity index is 1.14. The molecule has 3 nitrogen and oxygen atoms in total. The molecule has 13 rings (SSSR count). The zero-order chi connectivity index (χ0) is 49.2. The Morgan fingerprint density at radius 2 is 0.833 bits per heavy atom. The number of hydrogen-bond donors (Lipinski definition) is 0. The van der Waals surface area contributed by atoms with Crippen LogP contribution >= 0.6 is 11.8 Å². The Labute approximate surface area is 431 Å². The lowest BCUT2D eigenvalue weighted by Gasteiger charge is -2.46. The topological polar surface area (TPSA) is 9.72 Å². The fourth-order valence-electron chi connectivity index (χ4n) is 12.8. The molecular weight excluding hydrogens is 888 g/mol. The van der Waals surface area contributed by atoms with Crippen LogP contribution in [0.1, 0.15) is 101 Å². The number of fused-ring (bicyclic) bond motifs is 8. The van der Waals surface area contributed by atoms with Crippen molar-refractivity contribution < 1.29 is 0 Å². The van der Waals surface area contributed by atoms with Gasteiger partial charge in [0.2, 0.25) is 6.71 Å². The zero-order valence-corrected chi connectivity index (χ0v) is 43.4. The van der Waals surface area contributed by atoms with E-state index in [0.717, 1.165) is 17.1 Å². The van der Waals surface area contributed by atoms with Gasteiger partial charge in [0.25, 0.3) is 6.71 Å². The second-order valence-corrected chi connectivity index (χ2v) is 22.9. The van der Waals surface area contributed by atoms with Gasteiger partial charge in [-0.2, -0.15) is 0 Å². The van der Waals surface area contributed by atoms with Crippen molar-refractivity contribution in [1.29, 1.82) is 0 Å². The van der Waals surface area contributed by atoms with E-state index in [4.69, 9.17) is 0 Å². The largest absolute Gasteiger partial charge is 0.311 e. The van der Waals surface area contributed by atoms with E-state index in [1.54, 1.807) is 0 Å². The van der Waals surface area contributed by atoms with Crippen molar-refractivity contribution in [3.05, 3.63) is 222 Å². The highest BCUT2D eigenvalue weighted by molar-refractivity contribution is 8.00. The Kier molecular flexibility index (Phi) is 10.6. The number of nitrogens with zero attached hydrogens (tertiary/aromatic N) is 3. The van der Waals surface area contributed by atoms with Crippen molar-refractivity contribution in [2.24, 2.45) is 0 Å². The third-order valence-corrected chi connectivity index (χ3v) is 17.4. The summed E-state index contributed by atoms with van der Waals surface area (Å²) >= 11 is 1.95. The van der Waals surface area contributed by atoms with Gasteiger partial charge in [-0.15, -0.1) is 0 Å². The second kappa shape index (κ2) is 17.0. The highest BCUT2D eigenvalue weighted by Gasteiger charge is 2.47. The second-order valence-electron chi connectivity index (χ2n) is 21.8. The summed E-state index contributed by atoms with van der Waals surface area (Å²) in [6, 6.07) is 74.1. The van der Waals surface area contributed by atoms with Crippen LogP contribution in [0.3, 0.4) is 0 Å². The lowest BCUT2D eigenvalue weighted by molar-refractivity contribution is 0.632. The monoisotopic (exact) mass is 947 g/mol. The maximum absolute atomic E-state index is 2.66. The maximum Gasteiger partial charge on any atom is 0.252 e. The van der Waals surface area contributed by atoms with Gasteiger partial charge in [0.05, 0.1) is 17.1 Å². The van der Waals surface area contributed by atoms with E-state index in [-0.39, 0.29) is 18.8 Å². The summed E-state index contributed by atoms with van der Waals surface area (Å²) in [6.07, 6.45) is 0. The van der Waals surface area contributed by atoms with Crippen LogP contribution in [0.5, 0.6) is 0 Å². The first-order valence-electron chi connectivity index (χ1n) is 26.1. The van der Waals surface area contributed by atoms with E-state index in [9.17, 15) is 0 Å². The van der Waals surface area contributed by atoms with E-state index in [1.165, 1.54) is 105 Å². The molecule has 0 spiro atoms. The third kappa shape index (κ3) is 6.74. The first-order valence-corrected chi connectivity index (χ1v) is 26.9. The van der Waals surface area contributed by atoms with Crippen molar-refractivity contribution in [3.8, 4) is 0 Å². The fourth-order valence-corrected chi connectivity index (χ4v) is 14.0. The van der Waals surface area contributed by atoms with Crippen LogP contribution in [0.15, 0.2) is 204 Å². The molecule has 0 saturated carbocycles. The van der Waals surface area contributed by atoms with Gasteiger partial charge in [0.1, 0.15) is 0 Å². The van der Waals surface area contributed by atoms with Crippen molar-refractivity contribution in [2.45, 2.75) is 88.3 Å². The molecule has 350 valence electrons. The Bertz CT molecular complexity index is 3540. The molecule has 72 heavy (non-hydrogen) atoms. The van der Waals surface area contributed by atoms with Gasteiger partial charge < -0.3 is 14.7 Å². The predicted octanol–water partition coefficient (Wildman–Crippen LogP) is 14.2. The van der Waals surface area contributed by atoms with Crippen molar-refractivity contribution in [1.82, 2.24) is 0 Å². The molecule has 9 aromatic carbocycles. The summed E-state index contributed by atoms with van der Waals surface area (Å²) in [4.78, 5) is 10.3. The van der Waals surface area contributed by atoms with Crippen molar-refractivity contribution in [3.63, 3.8) is 0 Å². The van der Waals surface area contributed by atoms with Gasteiger partial charge in [-0.1, -0.05) is 211 Å². The van der Waals surface area contributed by atoms with E-state index in [2.05, 4.69) is 264 Å². The molecule has 0 amide bonds. The van der Waals surface area contributed by atoms with Crippen LogP contribution in [0.4, 0.5) is 51.2 Å². The molecule has 0 radical (unpaired) electrons. The first kappa shape index (κ1) is 44.8. The molecule has 0 N–H and O–H groups in total. The molecule has 4 aliphatic heterocycles. The lowest BCUT2D eigenvalue weighted by Crippen LogP contribution is -2.64. The Morgan fingerprint density at radius 1 is 0.361 bits per heavy atom. The minimum absolute atomic E-state index is 0.0411. The minimum atomic E-state index is -0.184. The van der Waals surface area contributed by atoms with Crippen LogP contribution in [-0.4, -0.2) is 13.4 Å². The number of para-hydroxylation sites is 5. The smallest absolute Gasteiger partial charge is 0.252 e. The van der Waals surface area contributed by atoms with E-state index < -0.39 is 0 Å². The van der Waals surface area contributed by atoms with Crippen LogP contribution < -0.4 is 47.5 Å². The van der Waals surface area contributed by atoms with Gasteiger partial charge >= 0.3 is 0 Å². The summed E-state index contributed by atoms with van der Waals surface area (Å²) in [7, 11) is 0. The molecule has 0 bridgehead atoms. The third-order valence-electron chi connectivity index (χ3n) is 16.2. The fraction of sp³-hybridized carbons (Fsp3) is 0.182. The molecule has 0 aliphatic carbocycles. The molecule has 9 aromatic rings. The number of rotatable bonds is 7. The van der Waals surface area contributed by atoms with E-state index in [1.807, 2.05) is 11.8 Å². The van der Waals surface area contributed by atoms with E-state index in [0.29, 0.717) is 17.8 Å². The van der Waals surface area contributed by atoms with Crippen LogP contribution in [-0.2, 0) is 5.41 Å². The van der Waals surface area contributed by atoms with Gasteiger partial charge in [0.15, 0.2) is 0 Å². The molecule has 0 unspecified atom stereocenters. The quantitative estimate of drug-likeness (QED) is 0.147. The molecule has 6 heteroatoms. The summed E-state index contributed by atoms with van der Waals surface area (Å²) in [5.74, 6) is 1.15. The summed E-state index contributed by atoms with van der Waals surface area (Å²) in [6.45, 7) is 19.1. The molecule has 0 aromatic heterocycles. The average molecular weight is 948 g/mol. The predicted molar refractivity (Wildman–Crippen MR) is 311 cm³/mol. The SMILES string of the molecule is CC(C)c1cc(C(C)C)c(B2c3ccccc3Sc3cc4c(cc32)B2c3ccccc3N(c3ccccc3)c3cc(N5c6ccccc6C(C)(C)c6ccccc65)cc(c32)N4c2ccccc2)c(C(C)C)c1.